The van der Waals surface area contributed by atoms with Gasteiger partial charge in [0.05, 0.1) is 0 Å². The third-order valence-corrected chi connectivity index (χ3v) is 4.23. The number of nitrogens with two attached hydrogens (primary N) is 1. The zero-order valence-electron chi connectivity index (χ0n) is 9.53. The van der Waals surface area contributed by atoms with Crippen LogP contribution in [0.2, 0.25) is 0 Å². The summed E-state index contributed by atoms with van der Waals surface area (Å²) in [7, 11) is -0.762. The molecule has 0 aliphatic rings. The van der Waals surface area contributed by atoms with Crippen LogP contribution < -0.4 is 11.1 Å². The number of benzene rings is 1. The molecule has 1 aromatic rings. The molecule has 1 rings (SSSR count). The van der Waals surface area contributed by atoms with E-state index in [1.807, 2.05) is 25.1 Å². The average molecular weight is 335 g/mol. The summed E-state index contributed by atoms with van der Waals surface area (Å²) in [4.78, 5) is 0.358. The lowest BCUT2D eigenvalue weighted by molar-refractivity contribution is 0.684. The molecule has 0 saturated heterocycles. The van der Waals surface area contributed by atoms with Crippen LogP contribution in [0.25, 0.3) is 0 Å². The van der Waals surface area contributed by atoms with Crippen molar-refractivity contribution in [2.75, 3.05) is 23.4 Å². The highest BCUT2D eigenvalue weighted by Gasteiger charge is 2.05. The van der Waals surface area contributed by atoms with E-state index in [0.717, 1.165) is 15.7 Å². The third-order valence-electron chi connectivity index (χ3n) is 2.21. The van der Waals surface area contributed by atoms with Crippen LogP contribution in [-0.2, 0) is 10.8 Å². The molecule has 0 aliphatic heterocycles. The van der Waals surface area contributed by atoms with Gasteiger partial charge >= 0.3 is 0 Å². The van der Waals surface area contributed by atoms with E-state index < -0.39 is 10.8 Å². The van der Waals surface area contributed by atoms with Gasteiger partial charge in [-0.25, -0.2) is 0 Å². The van der Waals surface area contributed by atoms with Crippen molar-refractivity contribution in [3.63, 3.8) is 0 Å². The first-order chi connectivity index (χ1) is 8.04. The Morgan fingerprint density at radius 2 is 2.29 bits per heavy atom. The summed E-state index contributed by atoms with van der Waals surface area (Å²) in [6.07, 6.45) is 0. The van der Waals surface area contributed by atoms with Crippen LogP contribution in [0, 0.1) is 0 Å². The molecule has 1 unspecified atom stereocenters. The van der Waals surface area contributed by atoms with Gasteiger partial charge in [0.2, 0.25) is 0 Å². The first-order valence-corrected chi connectivity index (χ1v) is 7.91. The SMILES string of the molecule is CCS(=O)CCNc1cc(Br)ccc1C(N)=S. The van der Waals surface area contributed by atoms with E-state index in [9.17, 15) is 4.21 Å². The average Bonchev–Trinajstić information content (AvgIpc) is 2.28. The minimum atomic E-state index is -0.762. The van der Waals surface area contributed by atoms with Crippen LogP contribution in [0.4, 0.5) is 5.69 Å². The fraction of sp³-hybridized carbons (Fsp3) is 0.364. The molecule has 0 fully saturated rings. The second kappa shape index (κ2) is 7.08. The van der Waals surface area contributed by atoms with Gasteiger partial charge in [0.25, 0.3) is 0 Å². The van der Waals surface area contributed by atoms with Gasteiger partial charge in [0.1, 0.15) is 4.99 Å². The molecular weight excluding hydrogens is 320 g/mol. The molecule has 3 nitrogen and oxygen atoms in total. The number of hydrogen-bond acceptors (Lipinski definition) is 3. The Kier molecular flexibility index (Phi) is 6.08. The summed E-state index contributed by atoms with van der Waals surface area (Å²) in [6, 6.07) is 5.68. The van der Waals surface area contributed by atoms with Gasteiger partial charge in [0, 0.05) is 44.6 Å². The lowest BCUT2D eigenvalue weighted by Gasteiger charge is -2.11. The highest BCUT2D eigenvalue weighted by Crippen LogP contribution is 2.21. The smallest absolute Gasteiger partial charge is 0.106 e. The van der Waals surface area contributed by atoms with Gasteiger partial charge < -0.3 is 11.1 Å². The van der Waals surface area contributed by atoms with Crippen molar-refractivity contribution in [2.45, 2.75) is 6.92 Å². The van der Waals surface area contributed by atoms with Crippen molar-refractivity contribution < 1.29 is 4.21 Å². The van der Waals surface area contributed by atoms with Gasteiger partial charge in [-0.05, 0) is 18.2 Å². The van der Waals surface area contributed by atoms with Gasteiger partial charge in [-0.15, -0.1) is 0 Å². The first-order valence-electron chi connectivity index (χ1n) is 5.22. The van der Waals surface area contributed by atoms with Crippen molar-refractivity contribution in [1.29, 1.82) is 0 Å². The second-order valence-corrected chi connectivity index (χ2v) is 6.63. The molecule has 0 bridgehead atoms. The summed E-state index contributed by atoms with van der Waals surface area (Å²) in [5, 5.41) is 3.21. The van der Waals surface area contributed by atoms with Gasteiger partial charge in [-0.1, -0.05) is 35.1 Å². The highest BCUT2D eigenvalue weighted by molar-refractivity contribution is 9.10. The maximum Gasteiger partial charge on any atom is 0.106 e. The predicted molar refractivity (Wildman–Crippen MR) is 82.1 cm³/mol. The Morgan fingerprint density at radius 1 is 1.59 bits per heavy atom. The molecule has 17 heavy (non-hydrogen) atoms. The third kappa shape index (κ3) is 4.73. The number of nitrogens with one attached hydrogen (secondary N) is 1. The quantitative estimate of drug-likeness (QED) is 0.783. The van der Waals surface area contributed by atoms with Crippen molar-refractivity contribution in [2.24, 2.45) is 5.73 Å². The van der Waals surface area contributed by atoms with Crippen LogP contribution in [0.3, 0.4) is 0 Å². The number of halogens is 1. The fourth-order valence-corrected chi connectivity index (χ4v) is 2.48. The van der Waals surface area contributed by atoms with Crippen LogP contribution in [0.5, 0.6) is 0 Å². The minimum absolute atomic E-state index is 0.358. The first kappa shape index (κ1) is 14.6. The molecule has 94 valence electrons. The molecule has 6 heteroatoms. The number of rotatable bonds is 6. The minimum Gasteiger partial charge on any atom is -0.389 e. The van der Waals surface area contributed by atoms with E-state index in [4.69, 9.17) is 18.0 Å². The molecule has 1 aromatic carbocycles. The Morgan fingerprint density at radius 3 is 2.88 bits per heavy atom. The van der Waals surface area contributed by atoms with E-state index in [-0.39, 0.29) is 0 Å². The molecule has 0 heterocycles. The fourth-order valence-electron chi connectivity index (χ4n) is 1.32. The normalized spacial score (nSPS) is 12.1. The van der Waals surface area contributed by atoms with E-state index in [0.29, 0.717) is 23.0 Å². The topological polar surface area (TPSA) is 55.1 Å². The summed E-state index contributed by atoms with van der Waals surface area (Å²) in [5.41, 5.74) is 7.32. The summed E-state index contributed by atoms with van der Waals surface area (Å²) < 4.78 is 12.3. The number of anilines is 1. The number of hydrogen-bond donors (Lipinski definition) is 2. The monoisotopic (exact) mass is 334 g/mol. The molecule has 0 aromatic heterocycles. The Hall–Kier alpha value is -0.460. The maximum atomic E-state index is 11.3. The Bertz CT molecular complexity index is 437. The molecule has 0 radical (unpaired) electrons. The van der Waals surface area contributed by atoms with Crippen molar-refractivity contribution >= 4 is 49.6 Å². The van der Waals surface area contributed by atoms with E-state index >= 15 is 0 Å². The zero-order valence-corrected chi connectivity index (χ0v) is 12.8. The molecule has 0 spiro atoms. The van der Waals surface area contributed by atoms with Crippen molar-refractivity contribution in [1.82, 2.24) is 0 Å². The van der Waals surface area contributed by atoms with Crippen LogP contribution in [0.15, 0.2) is 22.7 Å². The Labute approximate surface area is 118 Å². The van der Waals surface area contributed by atoms with Crippen LogP contribution in [-0.4, -0.2) is 27.2 Å². The van der Waals surface area contributed by atoms with Crippen LogP contribution in [0.1, 0.15) is 12.5 Å². The molecule has 1 atom stereocenters. The Balaban J connectivity index is 2.72. The zero-order chi connectivity index (χ0) is 12.8. The van der Waals surface area contributed by atoms with Crippen molar-refractivity contribution in [3.05, 3.63) is 28.2 Å². The summed E-state index contributed by atoms with van der Waals surface area (Å²) in [6.45, 7) is 2.56. The lowest BCUT2D eigenvalue weighted by atomic mass is 10.2. The lowest BCUT2D eigenvalue weighted by Crippen LogP contribution is -2.16. The highest BCUT2D eigenvalue weighted by atomic mass is 79.9. The second-order valence-electron chi connectivity index (χ2n) is 3.41. The van der Waals surface area contributed by atoms with Crippen LogP contribution >= 0.6 is 28.1 Å². The number of thiocarbonyl (C=S) groups is 1. The molecule has 3 N–H and O–H groups in total. The van der Waals surface area contributed by atoms with E-state index in [2.05, 4.69) is 21.2 Å². The van der Waals surface area contributed by atoms with Gasteiger partial charge in [0.15, 0.2) is 0 Å². The van der Waals surface area contributed by atoms with Crippen molar-refractivity contribution in [3.8, 4) is 0 Å². The largest absolute Gasteiger partial charge is 0.389 e. The van der Waals surface area contributed by atoms with Gasteiger partial charge in [-0.3, -0.25) is 4.21 Å². The molecule has 0 aliphatic carbocycles. The summed E-state index contributed by atoms with van der Waals surface area (Å²) >= 11 is 8.38. The molecular formula is C11H15BrN2OS2. The van der Waals surface area contributed by atoms with E-state index in [1.165, 1.54) is 0 Å². The predicted octanol–water partition coefficient (Wildman–Crippen LogP) is 2.26. The maximum absolute atomic E-state index is 11.3. The summed E-state index contributed by atoms with van der Waals surface area (Å²) in [5.74, 6) is 1.31. The van der Waals surface area contributed by atoms with Gasteiger partial charge in [-0.2, -0.15) is 0 Å². The molecule has 0 saturated carbocycles. The standard InChI is InChI=1S/C11H15BrN2OS2/c1-2-17(15)6-5-14-10-7-8(12)3-4-9(10)11(13)16/h3-4,7,14H,2,5-6H2,1H3,(H2,13,16). The van der Waals surface area contributed by atoms with E-state index in [1.54, 1.807) is 0 Å². The molecule has 0 amide bonds.